The van der Waals surface area contributed by atoms with Gasteiger partial charge in [0.25, 0.3) is 0 Å². The van der Waals surface area contributed by atoms with Gasteiger partial charge in [0.1, 0.15) is 0 Å². The number of nitrogen functional groups attached to an aromatic ring is 1. The Morgan fingerprint density at radius 3 is 1.55 bits per heavy atom. The maximum Gasteiger partial charge on any atom is 0.0355 e. The normalized spacial score (nSPS) is 10.9. The molecule has 0 bridgehead atoms. The highest BCUT2D eigenvalue weighted by atomic mass is 14.6. The summed E-state index contributed by atoms with van der Waals surface area (Å²) in [6.07, 6.45) is 0. The maximum absolute atomic E-state index is 6.19. The first-order valence-electron chi connectivity index (χ1n) is 8.20. The molecule has 0 atom stereocenters. The number of hydrogen-bond donors (Lipinski definition) is 1. The molecule has 0 aromatic heterocycles. The lowest BCUT2D eigenvalue weighted by Crippen LogP contribution is -1.96. The molecule has 116 valence electrons. The van der Waals surface area contributed by atoms with Crippen molar-refractivity contribution in [1.29, 1.82) is 0 Å². The van der Waals surface area contributed by atoms with E-state index in [-0.39, 0.29) is 0 Å². The first-order valence-corrected chi connectivity index (χ1v) is 8.20. The van der Waals surface area contributed by atoms with Crippen LogP contribution < -0.4 is 5.73 Å². The summed E-state index contributed by atoms with van der Waals surface area (Å²) in [5.74, 6) is 0.454. The summed E-state index contributed by atoms with van der Waals surface area (Å²) in [5.41, 5.74) is 11.0. The quantitative estimate of drug-likeness (QED) is 0.411. The molecule has 0 saturated carbocycles. The molecule has 0 aliphatic heterocycles. The summed E-state index contributed by atoms with van der Waals surface area (Å²) in [7, 11) is 0. The van der Waals surface area contributed by atoms with E-state index in [0.717, 1.165) is 5.69 Å². The Morgan fingerprint density at radius 1 is 0.682 bits per heavy atom. The molecule has 0 fully saturated rings. The minimum absolute atomic E-state index is 0.454. The Kier molecular flexibility index (Phi) is 4.75. The predicted molar refractivity (Wildman–Crippen MR) is 101 cm³/mol. The van der Waals surface area contributed by atoms with Crippen molar-refractivity contribution in [3.63, 3.8) is 0 Å². The van der Waals surface area contributed by atoms with Gasteiger partial charge < -0.3 is 5.73 Å². The van der Waals surface area contributed by atoms with Gasteiger partial charge in [0, 0.05) is 5.69 Å². The third-order valence-electron chi connectivity index (χ3n) is 4.23. The number of anilines is 1. The molecular weight excluding hydrogens is 266 g/mol. The third-order valence-corrected chi connectivity index (χ3v) is 4.23. The molecule has 0 spiro atoms. The van der Waals surface area contributed by atoms with E-state index in [1.165, 1.54) is 38.2 Å². The Hall–Kier alpha value is -2.02. The summed E-state index contributed by atoms with van der Waals surface area (Å²) >= 11 is 0. The molecule has 2 N–H and O–H groups in total. The molecular formula is C21H27N. The molecule has 0 heterocycles. The van der Waals surface area contributed by atoms with Crippen LogP contribution in [0.2, 0.25) is 0 Å². The monoisotopic (exact) mass is 293 g/mol. The molecule has 1 heteroatoms. The lowest BCUT2D eigenvalue weighted by Gasteiger charge is -2.12. The average molecular weight is 293 g/mol. The van der Waals surface area contributed by atoms with E-state index in [4.69, 9.17) is 5.73 Å². The van der Waals surface area contributed by atoms with E-state index in [1.807, 2.05) is 13.8 Å². The summed E-state index contributed by atoms with van der Waals surface area (Å²) in [4.78, 5) is 0. The Bertz CT molecular complexity index is 813. The van der Waals surface area contributed by atoms with Crippen molar-refractivity contribution in [3.05, 3.63) is 53.1 Å². The first kappa shape index (κ1) is 16.4. The van der Waals surface area contributed by atoms with Gasteiger partial charge in [0.15, 0.2) is 0 Å². The van der Waals surface area contributed by atoms with Crippen LogP contribution in [0.25, 0.3) is 21.5 Å². The molecule has 0 saturated heterocycles. The molecule has 3 aromatic rings. The molecule has 22 heavy (non-hydrogen) atoms. The summed E-state index contributed by atoms with van der Waals surface area (Å²) in [5, 5.41) is 5.10. The Morgan fingerprint density at radius 2 is 1.09 bits per heavy atom. The molecule has 0 radical (unpaired) electrons. The second-order valence-electron chi connectivity index (χ2n) is 6.12. The SMILES string of the molecule is CC.Cc1cc2cc3cc(N)c(C(C)C)cc3cc2cc1C. The van der Waals surface area contributed by atoms with Crippen LogP contribution in [-0.2, 0) is 0 Å². The van der Waals surface area contributed by atoms with Crippen molar-refractivity contribution in [1.82, 2.24) is 0 Å². The number of aryl methyl sites for hydroxylation is 2. The summed E-state index contributed by atoms with van der Waals surface area (Å²) in [6, 6.07) is 13.4. The van der Waals surface area contributed by atoms with Crippen molar-refractivity contribution < 1.29 is 0 Å². The zero-order chi connectivity index (χ0) is 16.4. The van der Waals surface area contributed by atoms with Crippen LogP contribution >= 0.6 is 0 Å². The minimum atomic E-state index is 0.454. The number of nitrogens with two attached hydrogens (primary N) is 1. The zero-order valence-corrected chi connectivity index (χ0v) is 14.6. The van der Waals surface area contributed by atoms with Gasteiger partial charge in [-0.15, -0.1) is 0 Å². The largest absolute Gasteiger partial charge is 0.398 e. The van der Waals surface area contributed by atoms with Crippen molar-refractivity contribution in [3.8, 4) is 0 Å². The van der Waals surface area contributed by atoms with Gasteiger partial charge in [-0.05, 0) is 82.3 Å². The Labute approximate surface area is 134 Å². The fourth-order valence-corrected chi connectivity index (χ4v) is 2.86. The Balaban J connectivity index is 0.000000847. The van der Waals surface area contributed by atoms with E-state index in [1.54, 1.807) is 0 Å². The number of hydrogen-bond acceptors (Lipinski definition) is 1. The van der Waals surface area contributed by atoms with Crippen molar-refractivity contribution >= 4 is 27.2 Å². The van der Waals surface area contributed by atoms with Gasteiger partial charge >= 0.3 is 0 Å². The lowest BCUT2D eigenvalue weighted by molar-refractivity contribution is 0.872. The van der Waals surface area contributed by atoms with Gasteiger partial charge in [-0.1, -0.05) is 39.8 Å². The van der Waals surface area contributed by atoms with E-state index < -0.39 is 0 Å². The zero-order valence-electron chi connectivity index (χ0n) is 14.6. The highest BCUT2D eigenvalue weighted by Gasteiger charge is 2.07. The fraction of sp³-hybridized carbons (Fsp3) is 0.333. The van der Waals surface area contributed by atoms with Gasteiger partial charge in [-0.3, -0.25) is 0 Å². The van der Waals surface area contributed by atoms with Crippen LogP contribution in [0, 0.1) is 13.8 Å². The molecule has 0 aliphatic carbocycles. The van der Waals surface area contributed by atoms with E-state index in [0.29, 0.717) is 5.92 Å². The number of fused-ring (bicyclic) bond motifs is 2. The van der Waals surface area contributed by atoms with Crippen molar-refractivity contribution in [2.75, 3.05) is 5.73 Å². The lowest BCUT2D eigenvalue weighted by atomic mass is 9.94. The van der Waals surface area contributed by atoms with Crippen LogP contribution in [0.5, 0.6) is 0 Å². The number of benzene rings is 3. The predicted octanol–water partition coefficient (Wildman–Crippen LogP) is 6.34. The standard InChI is InChI=1S/C19H21N.C2H6/c1-11(2)18-9-16-7-14-5-12(3)13(4)6-15(14)8-17(16)10-19(18)20;1-2/h5-11H,20H2,1-4H3;1-2H3. The van der Waals surface area contributed by atoms with Gasteiger partial charge in [0.05, 0.1) is 0 Å². The second-order valence-corrected chi connectivity index (χ2v) is 6.12. The van der Waals surface area contributed by atoms with E-state index in [2.05, 4.69) is 64.1 Å². The average Bonchev–Trinajstić information content (AvgIpc) is 2.48. The van der Waals surface area contributed by atoms with Crippen LogP contribution in [0.3, 0.4) is 0 Å². The molecule has 0 amide bonds. The highest BCUT2D eigenvalue weighted by molar-refractivity contribution is 6.00. The van der Waals surface area contributed by atoms with Crippen molar-refractivity contribution in [2.45, 2.75) is 47.5 Å². The molecule has 3 rings (SSSR count). The minimum Gasteiger partial charge on any atom is -0.398 e. The molecule has 0 unspecified atom stereocenters. The smallest absolute Gasteiger partial charge is 0.0355 e. The first-order chi connectivity index (χ1) is 10.5. The van der Waals surface area contributed by atoms with Crippen LogP contribution in [0.1, 0.15) is 50.3 Å². The maximum atomic E-state index is 6.19. The number of rotatable bonds is 1. The summed E-state index contributed by atoms with van der Waals surface area (Å²) < 4.78 is 0. The topological polar surface area (TPSA) is 26.0 Å². The summed E-state index contributed by atoms with van der Waals surface area (Å²) in [6.45, 7) is 12.7. The molecule has 3 aromatic carbocycles. The fourth-order valence-electron chi connectivity index (χ4n) is 2.86. The molecule has 0 aliphatic rings. The third kappa shape index (κ3) is 2.94. The molecule has 1 nitrogen and oxygen atoms in total. The highest BCUT2D eigenvalue weighted by Crippen LogP contribution is 2.31. The van der Waals surface area contributed by atoms with Gasteiger partial charge in [0.2, 0.25) is 0 Å². The van der Waals surface area contributed by atoms with E-state index >= 15 is 0 Å². The van der Waals surface area contributed by atoms with Crippen molar-refractivity contribution in [2.24, 2.45) is 0 Å². The van der Waals surface area contributed by atoms with Gasteiger partial charge in [-0.25, -0.2) is 0 Å². The second kappa shape index (κ2) is 6.39. The van der Waals surface area contributed by atoms with Crippen LogP contribution in [0.4, 0.5) is 5.69 Å². The van der Waals surface area contributed by atoms with Crippen LogP contribution in [0.15, 0.2) is 36.4 Å². The van der Waals surface area contributed by atoms with E-state index in [9.17, 15) is 0 Å². The van der Waals surface area contributed by atoms with Gasteiger partial charge in [-0.2, -0.15) is 0 Å². The van der Waals surface area contributed by atoms with Crippen LogP contribution in [-0.4, -0.2) is 0 Å².